The van der Waals surface area contributed by atoms with Crippen LogP contribution in [-0.2, 0) is 4.79 Å². The van der Waals surface area contributed by atoms with Crippen LogP contribution in [0.3, 0.4) is 0 Å². The van der Waals surface area contributed by atoms with Crippen LogP contribution in [0, 0.1) is 0 Å². The van der Waals surface area contributed by atoms with Gasteiger partial charge in [0.05, 0.1) is 25.5 Å². The van der Waals surface area contributed by atoms with Crippen LogP contribution in [0.4, 0.5) is 11.6 Å². The van der Waals surface area contributed by atoms with Gasteiger partial charge in [-0.25, -0.2) is 4.68 Å². The molecule has 1 aliphatic rings. The second-order valence-electron chi connectivity index (χ2n) is 7.50. The maximum absolute atomic E-state index is 13.6. The minimum absolute atomic E-state index is 0.241. The molecule has 1 unspecified atom stereocenters. The number of fused-ring (bicyclic) bond motifs is 1. The number of rotatable bonds is 8. The molecule has 8 nitrogen and oxygen atoms in total. The monoisotopic (exact) mass is 465 g/mol. The van der Waals surface area contributed by atoms with E-state index in [-0.39, 0.29) is 5.91 Å². The summed E-state index contributed by atoms with van der Waals surface area (Å²) in [6, 6.07) is 14.5. The molecule has 0 saturated heterocycles. The third-order valence-electron chi connectivity index (χ3n) is 5.30. The fourth-order valence-electron chi connectivity index (χ4n) is 3.71. The van der Waals surface area contributed by atoms with Crippen molar-refractivity contribution in [2.75, 3.05) is 30.6 Å². The predicted octanol–water partition coefficient (Wildman–Crippen LogP) is 4.73. The molecule has 0 radical (unpaired) electrons. The highest BCUT2D eigenvalue weighted by atomic mass is 32.2. The Kier molecular flexibility index (Phi) is 6.88. The Balaban J connectivity index is 1.76. The van der Waals surface area contributed by atoms with Crippen LogP contribution in [0.15, 0.2) is 65.0 Å². The van der Waals surface area contributed by atoms with E-state index < -0.39 is 6.04 Å². The van der Waals surface area contributed by atoms with E-state index in [0.717, 1.165) is 29.2 Å². The number of aromatic nitrogens is 3. The van der Waals surface area contributed by atoms with E-state index in [9.17, 15) is 4.79 Å². The summed E-state index contributed by atoms with van der Waals surface area (Å²) >= 11 is 1.60. The van der Waals surface area contributed by atoms with Gasteiger partial charge in [0.1, 0.15) is 17.5 Å². The summed E-state index contributed by atoms with van der Waals surface area (Å²) < 4.78 is 12.5. The van der Waals surface area contributed by atoms with Crippen molar-refractivity contribution in [1.29, 1.82) is 0 Å². The molecule has 2 N–H and O–H groups in total. The van der Waals surface area contributed by atoms with Gasteiger partial charge < -0.3 is 20.1 Å². The van der Waals surface area contributed by atoms with Gasteiger partial charge in [-0.3, -0.25) is 4.79 Å². The van der Waals surface area contributed by atoms with E-state index in [0.29, 0.717) is 28.1 Å². The number of para-hydroxylation sites is 2. The lowest BCUT2D eigenvalue weighted by Gasteiger charge is -2.29. The first-order valence-corrected chi connectivity index (χ1v) is 11.7. The Hall–Kier alpha value is -3.46. The number of carbonyl (C=O) groups excluding carboxylic acids is 1. The number of ether oxygens (including phenoxy) is 2. The third-order valence-corrected chi connectivity index (χ3v) is 6.34. The first-order valence-electron chi connectivity index (χ1n) is 10.7. The molecule has 3 aromatic rings. The van der Waals surface area contributed by atoms with Gasteiger partial charge in [0.25, 0.3) is 5.91 Å². The molecule has 2 aromatic carbocycles. The van der Waals surface area contributed by atoms with Crippen molar-refractivity contribution in [2.45, 2.75) is 31.5 Å². The van der Waals surface area contributed by atoms with Gasteiger partial charge in [-0.2, -0.15) is 4.98 Å². The van der Waals surface area contributed by atoms with Crippen molar-refractivity contribution < 1.29 is 14.3 Å². The molecule has 172 valence electrons. The van der Waals surface area contributed by atoms with Gasteiger partial charge in [0, 0.05) is 11.4 Å². The van der Waals surface area contributed by atoms with Gasteiger partial charge in [0.2, 0.25) is 11.1 Å². The summed E-state index contributed by atoms with van der Waals surface area (Å²) in [5.74, 6) is 2.62. The summed E-state index contributed by atoms with van der Waals surface area (Å²) in [4.78, 5) is 18.2. The van der Waals surface area contributed by atoms with Crippen LogP contribution < -0.4 is 20.1 Å². The SMILES string of the molecule is CCCSc1nc2n(n1)C(c1ccc(OC)cc1)C(C(=O)Nc1ccccc1OC)=C(C)N2. The zero-order chi connectivity index (χ0) is 23.4. The molecule has 0 fully saturated rings. The van der Waals surface area contributed by atoms with Gasteiger partial charge in [-0.05, 0) is 43.2 Å². The maximum Gasteiger partial charge on any atom is 0.255 e. The van der Waals surface area contributed by atoms with E-state index in [1.807, 2.05) is 55.5 Å². The van der Waals surface area contributed by atoms with Gasteiger partial charge in [-0.1, -0.05) is 43.0 Å². The van der Waals surface area contributed by atoms with Crippen molar-refractivity contribution in [3.05, 3.63) is 65.4 Å². The number of amides is 1. The molecule has 33 heavy (non-hydrogen) atoms. The van der Waals surface area contributed by atoms with E-state index in [1.54, 1.807) is 30.7 Å². The van der Waals surface area contributed by atoms with E-state index >= 15 is 0 Å². The molecule has 2 heterocycles. The van der Waals surface area contributed by atoms with Crippen LogP contribution in [0.2, 0.25) is 0 Å². The van der Waals surface area contributed by atoms with Crippen LogP contribution in [0.25, 0.3) is 0 Å². The lowest BCUT2D eigenvalue weighted by Crippen LogP contribution is -2.31. The maximum atomic E-state index is 13.6. The molecule has 1 atom stereocenters. The lowest BCUT2D eigenvalue weighted by molar-refractivity contribution is -0.113. The Morgan fingerprint density at radius 1 is 1.15 bits per heavy atom. The number of carbonyl (C=O) groups is 1. The molecule has 9 heteroatoms. The summed E-state index contributed by atoms with van der Waals surface area (Å²) in [6.45, 7) is 4.00. The third kappa shape index (κ3) is 4.68. The second kappa shape index (κ2) is 9.99. The smallest absolute Gasteiger partial charge is 0.255 e. The average Bonchev–Trinajstić information content (AvgIpc) is 3.24. The fourth-order valence-corrected chi connectivity index (χ4v) is 4.40. The normalized spacial score (nSPS) is 15.0. The molecule has 0 bridgehead atoms. The largest absolute Gasteiger partial charge is 0.497 e. The summed E-state index contributed by atoms with van der Waals surface area (Å²) in [5, 5.41) is 11.7. The van der Waals surface area contributed by atoms with E-state index in [2.05, 4.69) is 22.5 Å². The van der Waals surface area contributed by atoms with Crippen LogP contribution in [0.5, 0.6) is 11.5 Å². The molecular formula is C24H27N5O3S. The predicted molar refractivity (Wildman–Crippen MR) is 130 cm³/mol. The van der Waals surface area contributed by atoms with Crippen molar-refractivity contribution in [1.82, 2.24) is 14.8 Å². The minimum atomic E-state index is -0.453. The van der Waals surface area contributed by atoms with Crippen molar-refractivity contribution in [3.8, 4) is 11.5 Å². The van der Waals surface area contributed by atoms with E-state index in [1.165, 1.54) is 0 Å². The molecular weight excluding hydrogens is 438 g/mol. The number of allylic oxidation sites excluding steroid dienone is 1. The first kappa shape index (κ1) is 22.7. The number of thioether (sulfide) groups is 1. The Labute approximate surface area is 197 Å². The number of hydrogen-bond acceptors (Lipinski definition) is 7. The van der Waals surface area contributed by atoms with E-state index in [4.69, 9.17) is 14.6 Å². The average molecular weight is 466 g/mol. The molecule has 1 aliphatic heterocycles. The molecule has 1 amide bonds. The summed E-state index contributed by atoms with van der Waals surface area (Å²) in [6.07, 6.45) is 1.02. The number of nitrogens with zero attached hydrogens (tertiary/aromatic N) is 3. The highest BCUT2D eigenvalue weighted by molar-refractivity contribution is 7.99. The van der Waals surface area contributed by atoms with Gasteiger partial charge >= 0.3 is 0 Å². The number of methoxy groups -OCH3 is 2. The number of nitrogens with one attached hydrogen (secondary N) is 2. The minimum Gasteiger partial charge on any atom is -0.497 e. The highest BCUT2D eigenvalue weighted by Gasteiger charge is 2.34. The fraction of sp³-hybridized carbons (Fsp3) is 0.292. The number of hydrogen-bond donors (Lipinski definition) is 2. The quantitative estimate of drug-likeness (QED) is 0.465. The topological polar surface area (TPSA) is 90.3 Å². The molecule has 0 spiro atoms. The molecule has 0 aliphatic carbocycles. The highest BCUT2D eigenvalue weighted by Crippen LogP contribution is 2.37. The standard InChI is InChI=1S/C24H27N5O3S/c1-5-14-33-24-27-23-25-15(2)20(22(30)26-18-8-6-7-9-19(18)32-4)21(29(23)28-24)16-10-12-17(31-3)13-11-16/h6-13,21H,5,14H2,1-4H3,(H,26,30)(H,25,27,28). The first-order chi connectivity index (χ1) is 16.0. The number of benzene rings is 2. The Morgan fingerprint density at radius 2 is 1.91 bits per heavy atom. The Morgan fingerprint density at radius 3 is 2.61 bits per heavy atom. The van der Waals surface area contributed by atoms with Gasteiger partial charge in [0.15, 0.2) is 0 Å². The number of anilines is 2. The van der Waals surface area contributed by atoms with Gasteiger partial charge in [-0.15, -0.1) is 5.10 Å². The second-order valence-corrected chi connectivity index (χ2v) is 8.57. The van der Waals surface area contributed by atoms with Crippen LogP contribution >= 0.6 is 11.8 Å². The Bertz CT molecular complexity index is 1170. The van der Waals surface area contributed by atoms with Crippen molar-refractivity contribution in [2.24, 2.45) is 0 Å². The van der Waals surface area contributed by atoms with Crippen molar-refractivity contribution in [3.63, 3.8) is 0 Å². The summed E-state index contributed by atoms with van der Waals surface area (Å²) in [7, 11) is 3.21. The summed E-state index contributed by atoms with van der Waals surface area (Å²) in [5.41, 5.74) is 2.77. The molecule has 4 rings (SSSR count). The van der Waals surface area contributed by atoms with Crippen molar-refractivity contribution >= 4 is 29.3 Å². The molecule has 0 saturated carbocycles. The van der Waals surface area contributed by atoms with Crippen LogP contribution in [0.1, 0.15) is 31.9 Å². The molecule has 1 aromatic heterocycles. The van der Waals surface area contributed by atoms with Crippen LogP contribution in [-0.4, -0.2) is 40.6 Å². The lowest BCUT2D eigenvalue weighted by atomic mass is 9.95. The zero-order valence-electron chi connectivity index (χ0n) is 19.1. The zero-order valence-corrected chi connectivity index (χ0v) is 19.9.